The fourth-order valence-corrected chi connectivity index (χ4v) is 4.17. The van der Waals surface area contributed by atoms with E-state index in [1.54, 1.807) is 0 Å². The van der Waals surface area contributed by atoms with Crippen LogP contribution < -0.4 is 5.73 Å². The highest BCUT2D eigenvalue weighted by atomic mass is 32.1. The van der Waals surface area contributed by atoms with E-state index < -0.39 is 0 Å². The molecule has 0 aromatic carbocycles. The van der Waals surface area contributed by atoms with Crippen LogP contribution in [0, 0.1) is 19.8 Å². The van der Waals surface area contributed by atoms with Crippen LogP contribution >= 0.6 is 11.3 Å². The predicted octanol–water partition coefficient (Wildman–Crippen LogP) is 3.10. The normalized spacial score (nSPS) is 27.6. The van der Waals surface area contributed by atoms with Gasteiger partial charge < -0.3 is 5.73 Å². The molecule has 3 unspecified atom stereocenters. The molecule has 0 saturated carbocycles. The summed E-state index contributed by atoms with van der Waals surface area (Å²) in [4.78, 5) is 5.43. The van der Waals surface area contributed by atoms with Crippen LogP contribution in [-0.2, 0) is 0 Å². The van der Waals surface area contributed by atoms with Crippen molar-refractivity contribution < 1.29 is 0 Å². The Bertz CT molecular complexity index is 386. The Morgan fingerprint density at radius 3 is 2.59 bits per heavy atom. The van der Waals surface area contributed by atoms with Crippen molar-refractivity contribution >= 4 is 11.3 Å². The number of likely N-dealkylation sites (tertiary alicyclic amines) is 1. The Hall–Kier alpha value is -0.380. The Labute approximate surface area is 109 Å². The van der Waals surface area contributed by atoms with Crippen molar-refractivity contribution in [2.24, 2.45) is 11.7 Å². The summed E-state index contributed by atoms with van der Waals surface area (Å²) in [5.74, 6) is 0.805. The molecule has 1 aromatic heterocycles. The van der Waals surface area contributed by atoms with Crippen LogP contribution in [0.25, 0.3) is 0 Å². The first-order valence-corrected chi connectivity index (χ1v) is 7.37. The maximum absolute atomic E-state index is 6.03. The van der Waals surface area contributed by atoms with Gasteiger partial charge in [0.15, 0.2) is 0 Å². The van der Waals surface area contributed by atoms with Crippen molar-refractivity contribution in [3.63, 3.8) is 0 Å². The monoisotopic (exact) mass is 252 g/mol. The Kier molecular flexibility index (Phi) is 3.91. The summed E-state index contributed by atoms with van der Waals surface area (Å²) < 4.78 is 0. The third kappa shape index (κ3) is 2.56. The molecule has 2 heterocycles. The fraction of sp³-hybridized carbons (Fsp3) is 0.714. The molecule has 2 N–H and O–H groups in total. The smallest absolute Gasteiger partial charge is 0.0484 e. The van der Waals surface area contributed by atoms with Gasteiger partial charge in [0.2, 0.25) is 0 Å². The van der Waals surface area contributed by atoms with E-state index >= 15 is 0 Å². The van der Waals surface area contributed by atoms with E-state index in [4.69, 9.17) is 5.73 Å². The van der Waals surface area contributed by atoms with Gasteiger partial charge in [0.1, 0.15) is 0 Å². The van der Waals surface area contributed by atoms with E-state index in [-0.39, 0.29) is 0 Å². The van der Waals surface area contributed by atoms with Crippen molar-refractivity contribution in [3.05, 3.63) is 21.4 Å². The number of hydrogen-bond acceptors (Lipinski definition) is 3. The minimum Gasteiger partial charge on any atom is -0.329 e. The number of nitrogens with two attached hydrogens (primary N) is 1. The lowest BCUT2D eigenvalue weighted by Gasteiger charge is -2.30. The number of hydrogen-bond donors (Lipinski definition) is 1. The number of aryl methyl sites for hydroxylation is 2. The molecule has 0 radical (unpaired) electrons. The second-order valence-electron chi connectivity index (χ2n) is 5.51. The van der Waals surface area contributed by atoms with Crippen molar-refractivity contribution in [1.82, 2.24) is 4.90 Å². The van der Waals surface area contributed by atoms with Crippen LogP contribution in [-0.4, -0.2) is 24.0 Å². The van der Waals surface area contributed by atoms with E-state index in [9.17, 15) is 0 Å². The van der Waals surface area contributed by atoms with Gasteiger partial charge in [0.05, 0.1) is 0 Å². The van der Waals surface area contributed by atoms with Gasteiger partial charge in [-0.15, -0.1) is 11.3 Å². The topological polar surface area (TPSA) is 29.3 Å². The predicted molar refractivity (Wildman–Crippen MR) is 75.5 cm³/mol. The SMILES string of the molecule is Cc1cc(C(CN)N2CC(C)CC2C)c(C)s1. The zero-order valence-electron chi connectivity index (χ0n) is 11.4. The average Bonchev–Trinajstić information content (AvgIpc) is 2.73. The Morgan fingerprint density at radius 2 is 2.18 bits per heavy atom. The molecule has 2 nitrogen and oxygen atoms in total. The van der Waals surface area contributed by atoms with Gasteiger partial charge in [-0.3, -0.25) is 4.90 Å². The first kappa shape index (κ1) is 13.1. The van der Waals surface area contributed by atoms with E-state index in [0.717, 1.165) is 12.5 Å². The molecule has 3 atom stereocenters. The van der Waals surface area contributed by atoms with E-state index in [1.807, 2.05) is 11.3 Å². The molecule has 1 aromatic rings. The second-order valence-corrected chi connectivity index (χ2v) is 6.97. The first-order valence-electron chi connectivity index (χ1n) is 6.55. The molecular weight excluding hydrogens is 228 g/mol. The first-order chi connectivity index (χ1) is 8.02. The molecule has 0 spiro atoms. The minimum absolute atomic E-state index is 0.417. The quantitative estimate of drug-likeness (QED) is 0.895. The van der Waals surface area contributed by atoms with Gasteiger partial charge in [0.25, 0.3) is 0 Å². The standard InChI is InChI=1S/C14H24N2S/c1-9-5-10(2)16(8-9)14(7-15)13-6-11(3)17-12(13)4/h6,9-10,14H,5,7-8,15H2,1-4H3. The molecule has 17 heavy (non-hydrogen) atoms. The van der Waals surface area contributed by atoms with Crippen molar-refractivity contribution in [2.45, 2.75) is 46.2 Å². The molecule has 0 bridgehead atoms. The summed E-state index contributed by atoms with van der Waals surface area (Å²) in [5, 5.41) is 0. The zero-order chi connectivity index (χ0) is 12.6. The molecule has 1 aliphatic rings. The molecule has 2 rings (SSSR count). The van der Waals surface area contributed by atoms with Gasteiger partial charge in [-0.25, -0.2) is 0 Å². The van der Waals surface area contributed by atoms with Crippen LogP contribution in [0.4, 0.5) is 0 Å². The van der Waals surface area contributed by atoms with Gasteiger partial charge in [-0.1, -0.05) is 6.92 Å². The highest BCUT2D eigenvalue weighted by Gasteiger charge is 2.32. The lowest BCUT2D eigenvalue weighted by atomic mass is 10.1. The molecule has 1 aliphatic heterocycles. The third-order valence-electron chi connectivity index (χ3n) is 3.89. The molecule has 0 aliphatic carbocycles. The number of nitrogens with zero attached hydrogens (tertiary/aromatic N) is 1. The summed E-state index contributed by atoms with van der Waals surface area (Å²) in [6.07, 6.45) is 1.30. The lowest BCUT2D eigenvalue weighted by Crippen LogP contribution is -2.36. The van der Waals surface area contributed by atoms with Crippen molar-refractivity contribution in [1.29, 1.82) is 0 Å². The summed E-state index contributed by atoms with van der Waals surface area (Å²) in [5.41, 5.74) is 7.49. The molecule has 96 valence electrons. The van der Waals surface area contributed by atoms with E-state index in [2.05, 4.69) is 38.7 Å². The van der Waals surface area contributed by atoms with E-state index in [1.165, 1.54) is 28.3 Å². The second kappa shape index (κ2) is 5.09. The fourth-order valence-electron chi connectivity index (χ4n) is 3.19. The minimum atomic E-state index is 0.417. The lowest BCUT2D eigenvalue weighted by molar-refractivity contribution is 0.192. The number of thiophene rings is 1. The van der Waals surface area contributed by atoms with Gasteiger partial charge >= 0.3 is 0 Å². The van der Waals surface area contributed by atoms with Crippen LogP contribution in [0.1, 0.15) is 41.6 Å². The summed E-state index contributed by atoms with van der Waals surface area (Å²) in [6.45, 7) is 11.0. The van der Waals surface area contributed by atoms with Crippen LogP contribution in [0.3, 0.4) is 0 Å². The average molecular weight is 252 g/mol. The summed E-state index contributed by atoms with van der Waals surface area (Å²) in [6, 6.07) is 3.41. The largest absolute Gasteiger partial charge is 0.329 e. The molecular formula is C14H24N2S. The Morgan fingerprint density at radius 1 is 1.47 bits per heavy atom. The van der Waals surface area contributed by atoms with Gasteiger partial charge in [0, 0.05) is 34.9 Å². The Balaban J connectivity index is 2.24. The van der Waals surface area contributed by atoms with Gasteiger partial charge in [-0.2, -0.15) is 0 Å². The van der Waals surface area contributed by atoms with Crippen LogP contribution in [0.15, 0.2) is 6.07 Å². The van der Waals surface area contributed by atoms with E-state index in [0.29, 0.717) is 12.1 Å². The highest BCUT2D eigenvalue weighted by molar-refractivity contribution is 7.12. The maximum atomic E-state index is 6.03. The highest BCUT2D eigenvalue weighted by Crippen LogP contribution is 2.35. The summed E-state index contributed by atoms with van der Waals surface area (Å²) in [7, 11) is 0. The van der Waals surface area contributed by atoms with Crippen molar-refractivity contribution in [3.8, 4) is 0 Å². The van der Waals surface area contributed by atoms with Gasteiger partial charge in [-0.05, 0) is 44.7 Å². The van der Waals surface area contributed by atoms with Crippen LogP contribution in [0.5, 0.6) is 0 Å². The molecule has 3 heteroatoms. The molecule has 1 fully saturated rings. The van der Waals surface area contributed by atoms with Crippen LogP contribution in [0.2, 0.25) is 0 Å². The molecule has 0 amide bonds. The summed E-state index contributed by atoms with van der Waals surface area (Å²) >= 11 is 1.89. The zero-order valence-corrected chi connectivity index (χ0v) is 12.2. The maximum Gasteiger partial charge on any atom is 0.0484 e. The number of rotatable bonds is 3. The third-order valence-corrected chi connectivity index (χ3v) is 4.88. The molecule has 1 saturated heterocycles. The van der Waals surface area contributed by atoms with Crippen molar-refractivity contribution in [2.75, 3.05) is 13.1 Å².